The van der Waals surface area contributed by atoms with Crippen LogP contribution in [0, 0.1) is 0 Å². The van der Waals surface area contributed by atoms with E-state index in [4.69, 9.17) is 10.2 Å². The Morgan fingerprint density at radius 1 is 1.29 bits per heavy atom. The quantitative estimate of drug-likeness (QED) is 0.779. The van der Waals surface area contributed by atoms with Crippen molar-refractivity contribution < 1.29 is 13.2 Å². The number of fused-ring (bicyclic) bond motifs is 1. The first kappa shape index (κ1) is 15.5. The summed E-state index contributed by atoms with van der Waals surface area (Å²) in [6.07, 6.45) is 1.40. The van der Waals surface area contributed by atoms with Gasteiger partial charge in [0.1, 0.15) is 10.6 Å². The molecule has 1 fully saturated rings. The second-order valence-corrected chi connectivity index (χ2v) is 7.09. The molecular weight excluding hydrogens is 334 g/mol. The van der Waals surface area contributed by atoms with Crippen LogP contribution in [0.3, 0.4) is 0 Å². The van der Waals surface area contributed by atoms with Crippen LogP contribution in [0.4, 0.5) is 14.6 Å². The Morgan fingerprint density at radius 2 is 2.08 bits per heavy atom. The number of halogens is 2. The predicted octanol–water partition coefficient (Wildman–Crippen LogP) is 3.76. The molecule has 0 unspecified atom stereocenters. The van der Waals surface area contributed by atoms with Crippen LogP contribution in [0.15, 0.2) is 28.9 Å². The standard InChI is InChI=1S/C16H16F2N4OS/c17-16(18)3-5-22(6-4-16)9-10-8-11-13(19)20-14(21-15(11)24-10)12-2-1-7-23-12/h1-2,7-8H,3-6,9H2,(H2,19,20,21). The zero-order chi connectivity index (χ0) is 16.7. The molecule has 1 aliphatic rings. The van der Waals surface area contributed by atoms with Gasteiger partial charge in [-0.2, -0.15) is 0 Å². The first-order valence-corrected chi connectivity index (χ1v) is 8.52. The number of rotatable bonds is 3. The maximum Gasteiger partial charge on any atom is 0.250 e. The minimum absolute atomic E-state index is 0.0809. The number of anilines is 1. The zero-order valence-electron chi connectivity index (χ0n) is 12.8. The van der Waals surface area contributed by atoms with Gasteiger partial charge in [-0.1, -0.05) is 0 Å². The van der Waals surface area contributed by atoms with Crippen LogP contribution in [0.5, 0.6) is 0 Å². The summed E-state index contributed by atoms with van der Waals surface area (Å²) in [5, 5.41) is 0.799. The molecule has 2 N–H and O–H groups in total. The fourth-order valence-electron chi connectivity index (χ4n) is 2.85. The molecule has 5 nitrogen and oxygen atoms in total. The van der Waals surface area contributed by atoms with Crippen LogP contribution in [-0.2, 0) is 6.54 Å². The van der Waals surface area contributed by atoms with E-state index in [0.717, 1.165) is 15.1 Å². The molecule has 0 saturated carbocycles. The van der Waals surface area contributed by atoms with Gasteiger partial charge in [-0.25, -0.2) is 18.7 Å². The molecule has 0 bridgehead atoms. The summed E-state index contributed by atoms with van der Waals surface area (Å²) in [5.74, 6) is -1.10. The fraction of sp³-hybridized carbons (Fsp3) is 0.375. The Labute approximate surface area is 141 Å². The van der Waals surface area contributed by atoms with Crippen LogP contribution >= 0.6 is 11.3 Å². The second kappa shape index (κ2) is 5.78. The van der Waals surface area contributed by atoms with Crippen molar-refractivity contribution in [2.45, 2.75) is 25.3 Å². The molecule has 126 valence electrons. The molecule has 8 heteroatoms. The summed E-state index contributed by atoms with van der Waals surface area (Å²) >= 11 is 1.51. The molecule has 3 aromatic heterocycles. The maximum absolute atomic E-state index is 13.2. The van der Waals surface area contributed by atoms with Gasteiger partial charge in [0.25, 0.3) is 5.92 Å². The minimum atomic E-state index is -2.52. The highest BCUT2D eigenvalue weighted by atomic mass is 32.1. The molecule has 24 heavy (non-hydrogen) atoms. The molecule has 0 aromatic carbocycles. The second-order valence-electron chi connectivity index (χ2n) is 5.97. The smallest absolute Gasteiger partial charge is 0.250 e. The third kappa shape index (κ3) is 2.99. The number of nitrogens with two attached hydrogens (primary N) is 1. The van der Waals surface area contributed by atoms with E-state index in [9.17, 15) is 8.78 Å². The van der Waals surface area contributed by atoms with E-state index in [1.807, 2.05) is 11.0 Å². The van der Waals surface area contributed by atoms with E-state index in [1.54, 1.807) is 18.4 Å². The molecule has 0 spiro atoms. The molecule has 0 aliphatic carbocycles. The summed E-state index contributed by atoms with van der Waals surface area (Å²) in [5.41, 5.74) is 6.05. The van der Waals surface area contributed by atoms with Gasteiger partial charge in [0.15, 0.2) is 11.6 Å². The van der Waals surface area contributed by atoms with E-state index in [0.29, 0.717) is 37.0 Å². The number of alkyl halides is 2. The number of aromatic nitrogens is 2. The van der Waals surface area contributed by atoms with Gasteiger partial charge in [0.2, 0.25) is 0 Å². The van der Waals surface area contributed by atoms with Crippen molar-refractivity contribution in [2.24, 2.45) is 0 Å². The average Bonchev–Trinajstić information content (AvgIpc) is 3.18. The highest BCUT2D eigenvalue weighted by Crippen LogP contribution is 2.33. The Hall–Kier alpha value is -2.06. The third-order valence-electron chi connectivity index (χ3n) is 4.18. The van der Waals surface area contributed by atoms with Gasteiger partial charge in [0.05, 0.1) is 11.6 Å². The SMILES string of the molecule is Nc1nc(-c2ccco2)nc2sc(CN3CCC(F)(F)CC3)cc12. The first-order valence-electron chi connectivity index (χ1n) is 7.70. The molecule has 1 aliphatic heterocycles. The summed E-state index contributed by atoms with van der Waals surface area (Å²) in [6, 6.07) is 5.50. The first-order chi connectivity index (χ1) is 11.5. The Balaban J connectivity index is 1.58. The number of nitrogens with zero attached hydrogens (tertiary/aromatic N) is 3. The largest absolute Gasteiger partial charge is 0.461 e. The summed E-state index contributed by atoms with van der Waals surface area (Å²) in [6.45, 7) is 1.44. The normalized spacial score (nSPS) is 18.2. The van der Waals surface area contributed by atoms with Crippen molar-refractivity contribution in [1.82, 2.24) is 14.9 Å². The molecular formula is C16H16F2N4OS. The number of likely N-dealkylation sites (tertiary alicyclic amines) is 1. The van der Waals surface area contributed by atoms with E-state index < -0.39 is 5.92 Å². The van der Waals surface area contributed by atoms with Crippen molar-refractivity contribution in [3.05, 3.63) is 29.3 Å². The molecule has 3 aromatic rings. The lowest BCUT2D eigenvalue weighted by atomic mass is 10.1. The topological polar surface area (TPSA) is 68.2 Å². The van der Waals surface area contributed by atoms with E-state index in [-0.39, 0.29) is 12.8 Å². The monoisotopic (exact) mass is 350 g/mol. The molecule has 0 atom stereocenters. The van der Waals surface area contributed by atoms with Crippen molar-refractivity contribution in [3.63, 3.8) is 0 Å². The van der Waals surface area contributed by atoms with Crippen LogP contribution in [0.1, 0.15) is 17.7 Å². The van der Waals surface area contributed by atoms with Gasteiger partial charge in [0, 0.05) is 37.4 Å². The third-order valence-corrected chi connectivity index (χ3v) is 5.20. The van der Waals surface area contributed by atoms with E-state index in [2.05, 4.69) is 9.97 Å². The van der Waals surface area contributed by atoms with E-state index in [1.165, 1.54) is 11.3 Å². The Kier molecular flexibility index (Phi) is 3.73. The van der Waals surface area contributed by atoms with Crippen LogP contribution < -0.4 is 5.73 Å². The fourth-order valence-corrected chi connectivity index (χ4v) is 3.92. The van der Waals surface area contributed by atoms with Crippen molar-refractivity contribution in [3.8, 4) is 11.6 Å². The lowest BCUT2D eigenvalue weighted by Crippen LogP contribution is -2.38. The minimum Gasteiger partial charge on any atom is -0.461 e. The molecule has 4 heterocycles. The van der Waals surface area contributed by atoms with Crippen LogP contribution in [0.25, 0.3) is 21.8 Å². The highest BCUT2D eigenvalue weighted by molar-refractivity contribution is 7.18. The summed E-state index contributed by atoms with van der Waals surface area (Å²) in [7, 11) is 0. The summed E-state index contributed by atoms with van der Waals surface area (Å²) in [4.78, 5) is 12.7. The van der Waals surface area contributed by atoms with Gasteiger partial charge < -0.3 is 10.2 Å². The Bertz CT molecular complexity index is 852. The summed E-state index contributed by atoms with van der Waals surface area (Å²) < 4.78 is 31.8. The van der Waals surface area contributed by atoms with Crippen molar-refractivity contribution in [1.29, 1.82) is 0 Å². The number of nitrogen functional groups attached to an aromatic ring is 1. The average molecular weight is 350 g/mol. The number of hydrogen-bond donors (Lipinski definition) is 1. The Morgan fingerprint density at radius 3 is 2.79 bits per heavy atom. The highest BCUT2D eigenvalue weighted by Gasteiger charge is 2.34. The predicted molar refractivity (Wildman–Crippen MR) is 89.0 cm³/mol. The van der Waals surface area contributed by atoms with Crippen LogP contribution in [-0.4, -0.2) is 33.9 Å². The maximum atomic E-state index is 13.2. The lowest BCUT2D eigenvalue weighted by molar-refractivity contribution is -0.0564. The van der Waals surface area contributed by atoms with Gasteiger partial charge >= 0.3 is 0 Å². The molecule has 0 radical (unpaired) electrons. The van der Waals surface area contributed by atoms with Gasteiger partial charge in [-0.15, -0.1) is 11.3 Å². The molecule has 4 rings (SSSR count). The number of hydrogen-bond acceptors (Lipinski definition) is 6. The van der Waals surface area contributed by atoms with Crippen molar-refractivity contribution in [2.75, 3.05) is 18.8 Å². The number of piperidine rings is 1. The number of thiophene rings is 1. The van der Waals surface area contributed by atoms with Crippen LogP contribution in [0.2, 0.25) is 0 Å². The lowest BCUT2D eigenvalue weighted by Gasteiger charge is -2.31. The molecule has 0 amide bonds. The number of furan rings is 1. The zero-order valence-corrected chi connectivity index (χ0v) is 13.7. The van der Waals surface area contributed by atoms with Crippen molar-refractivity contribution >= 4 is 27.4 Å². The van der Waals surface area contributed by atoms with Gasteiger partial charge in [-0.3, -0.25) is 4.90 Å². The van der Waals surface area contributed by atoms with Gasteiger partial charge in [-0.05, 0) is 18.2 Å². The van der Waals surface area contributed by atoms with E-state index >= 15 is 0 Å². The molecule has 1 saturated heterocycles.